The van der Waals surface area contributed by atoms with Gasteiger partial charge in [0, 0.05) is 9.13 Å². The number of halogens is 1. The number of amides is 1. The third-order valence-electron chi connectivity index (χ3n) is 1.48. The van der Waals surface area contributed by atoms with E-state index in [0.29, 0.717) is 9.13 Å². The van der Waals surface area contributed by atoms with Gasteiger partial charge in [0.2, 0.25) is 5.91 Å². The van der Waals surface area contributed by atoms with Crippen molar-refractivity contribution >= 4 is 34.5 Å². The van der Waals surface area contributed by atoms with Gasteiger partial charge >= 0.3 is 5.97 Å². The number of carbonyl (C=O) groups excluding carboxylic acids is 1. The molecule has 0 saturated heterocycles. The molecule has 5 heteroatoms. The summed E-state index contributed by atoms with van der Waals surface area (Å²) in [7, 11) is 0. The quantitative estimate of drug-likeness (QED) is 0.800. The van der Waals surface area contributed by atoms with Crippen LogP contribution >= 0.6 is 22.6 Å². The molecule has 0 saturated carbocycles. The Bertz CT molecular complexity index is 376. The standard InChI is InChI=1S/C8H6INO3/c9-6-3-4(7(10)11)1-2-5(6)8(12)13/h1-3H,(H2,10,11)(H,12,13). The van der Waals surface area contributed by atoms with Crippen molar-refractivity contribution in [1.29, 1.82) is 0 Å². The van der Waals surface area contributed by atoms with Crippen LogP contribution in [0.4, 0.5) is 0 Å². The van der Waals surface area contributed by atoms with Crippen molar-refractivity contribution < 1.29 is 14.7 Å². The number of carbonyl (C=O) groups is 2. The number of rotatable bonds is 2. The fraction of sp³-hybridized carbons (Fsp3) is 0. The van der Waals surface area contributed by atoms with Gasteiger partial charge in [-0.05, 0) is 40.8 Å². The predicted octanol–water partition coefficient (Wildman–Crippen LogP) is 1.09. The number of aromatic carboxylic acids is 1. The summed E-state index contributed by atoms with van der Waals surface area (Å²) in [6.07, 6.45) is 0. The molecule has 0 aliphatic carbocycles. The molecular weight excluding hydrogens is 285 g/mol. The Morgan fingerprint density at radius 1 is 1.38 bits per heavy atom. The lowest BCUT2D eigenvalue weighted by atomic mass is 10.1. The van der Waals surface area contributed by atoms with Crippen molar-refractivity contribution in [2.75, 3.05) is 0 Å². The van der Waals surface area contributed by atoms with Crippen LogP contribution in [0, 0.1) is 3.57 Å². The van der Waals surface area contributed by atoms with Crippen LogP contribution in [0.5, 0.6) is 0 Å². The highest BCUT2D eigenvalue weighted by atomic mass is 127. The third kappa shape index (κ3) is 2.18. The van der Waals surface area contributed by atoms with E-state index in [9.17, 15) is 9.59 Å². The van der Waals surface area contributed by atoms with Crippen LogP contribution in [0.15, 0.2) is 18.2 Å². The summed E-state index contributed by atoms with van der Waals surface area (Å²) in [5.74, 6) is -1.57. The maximum atomic E-state index is 10.7. The van der Waals surface area contributed by atoms with Gasteiger partial charge < -0.3 is 10.8 Å². The monoisotopic (exact) mass is 291 g/mol. The van der Waals surface area contributed by atoms with Crippen LogP contribution in [0.2, 0.25) is 0 Å². The van der Waals surface area contributed by atoms with Crippen LogP contribution in [0.1, 0.15) is 20.7 Å². The van der Waals surface area contributed by atoms with Gasteiger partial charge in [-0.15, -0.1) is 0 Å². The number of hydrogen-bond acceptors (Lipinski definition) is 2. The van der Waals surface area contributed by atoms with Crippen LogP contribution in [0.25, 0.3) is 0 Å². The smallest absolute Gasteiger partial charge is 0.336 e. The van der Waals surface area contributed by atoms with Crippen molar-refractivity contribution in [3.63, 3.8) is 0 Å². The first kappa shape index (κ1) is 9.97. The van der Waals surface area contributed by atoms with E-state index in [4.69, 9.17) is 10.8 Å². The van der Waals surface area contributed by atoms with Gasteiger partial charge in [-0.1, -0.05) is 0 Å². The first-order valence-corrected chi connectivity index (χ1v) is 4.43. The lowest BCUT2D eigenvalue weighted by Gasteiger charge is -2.00. The molecule has 0 aliphatic rings. The Labute approximate surface area is 87.9 Å². The Hall–Kier alpha value is -1.11. The average Bonchev–Trinajstić information content (AvgIpc) is 2.03. The predicted molar refractivity (Wildman–Crippen MR) is 54.6 cm³/mol. The molecule has 1 aromatic rings. The van der Waals surface area contributed by atoms with E-state index >= 15 is 0 Å². The summed E-state index contributed by atoms with van der Waals surface area (Å²) >= 11 is 1.85. The molecule has 0 aromatic heterocycles. The van der Waals surface area contributed by atoms with Gasteiger partial charge in [0.15, 0.2) is 0 Å². The molecule has 0 atom stereocenters. The van der Waals surface area contributed by atoms with Gasteiger partial charge in [-0.2, -0.15) is 0 Å². The number of nitrogens with two attached hydrogens (primary N) is 1. The summed E-state index contributed by atoms with van der Waals surface area (Å²) in [6, 6.07) is 4.21. The van der Waals surface area contributed by atoms with Crippen molar-refractivity contribution in [2.45, 2.75) is 0 Å². The van der Waals surface area contributed by atoms with E-state index in [2.05, 4.69) is 0 Å². The molecule has 1 aromatic carbocycles. The van der Waals surface area contributed by atoms with Gasteiger partial charge in [0.05, 0.1) is 5.56 Å². The zero-order valence-corrected chi connectivity index (χ0v) is 8.61. The molecule has 1 rings (SSSR count). The molecule has 0 heterocycles. The number of carboxylic acid groups (broad SMARTS) is 1. The van der Waals surface area contributed by atoms with E-state index < -0.39 is 11.9 Å². The molecule has 1 amide bonds. The number of benzene rings is 1. The Balaban J connectivity index is 3.20. The van der Waals surface area contributed by atoms with E-state index in [1.54, 1.807) is 0 Å². The van der Waals surface area contributed by atoms with Crippen molar-refractivity contribution in [1.82, 2.24) is 0 Å². The molecule has 13 heavy (non-hydrogen) atoms. The summed E-state index contributed by atoms with van der Waals surface area (Å²) in [4.78, 5) is 21.3. The maximum Gasteiger partial charge on any atom is 0.336 e. The highest BCUT2D eigenvalue weighted by molar-refractivity contribution is 14.1. The van der Waals surface area contributed by atoms with Crippen LogP contribution in [0.3, 0.4) is 0 Å². The number of hydrogen-bond donors (Lipinski definition) is 2. The second kappa shape index (κ2) is 3.73. The van der Waals surface area contributed by atoms with Crippen LogP contribution in [-0.4, -0.2) is 17.0 Å². The fourth-order valence-corrected chi connectivity index (χ4v) is 1.59. The minimum atomic E-state index is -1.01. The zero-order valence-electron chi connectivity index (χ0n) is 6.45. The third-order valence-corrected chi connectivity index (χ3v) is 2.38. The van der Waals surface area contributed by atoms with Gasteiger partial charge in [0.1, 0.15) is 0 Å². The minimum Gasteiger partial charge on any atom is -0.478 e. The molecular formula is C8H6INO3. The van der Waals surface area contributed by atoms with E-state index in [1.807, 2.05) is 22.6 Å². The van der Waals surface area contributed by atoms with Gasteiger partial charge in [0.25, 0.3) is 0 Å². The van der Waals surface area contributed by atoms with Crippen molar-refractivity contribution in [3.05, 3.63) is 32.9 Å². The molecule has 4 nitrogen and oxygen atoms in total. The van der Waals surface area contributed by atoms with Gasteiger partial charge in [-0.3, -0.25) is 4.79 Å². The molecule has 0 fully saturated rings. The van der Waals surface area contributed by atoms with Crippen LogP contribution < -0.4 is 5.73 Å². The summed E-state index contributed by atoms with van der Waals surface area (Å²) in [6.45, 7) is 0. The van der Waals surface area contributed by atoms with E-state index in [1.165, 1.54) is 18.2 Å². The summed E-state index contributed by atoms with van der Waals surface area (Å²) in [5.41, 5.74) is 5.51. The van der Waals surface area contributed by atoms with Crippen molar-refractivity contribution in [2.24, 2.45) is 5.73 Å². The molecule has 0 bridgehead atoms. The zero-order chi connectivity index (χ0) is 10.0. The Kier molecular flexibility index (Phi) is 2.86. The number of primary amides is 1. The first-order valence-electron chi connectivity index (χ1n) is 3.35. The van der Waals surface area contributed by atoms with E-state index in [-0.39, 0.29) is 5.56 Å². The lowest BCUT2D eigenvalue weighted by Crippen LogP contribution is -2.12. The largest absolute Gasteiger partial charge is 0.478 e. The first-order chi connectivity index (χ1) is 6.02. The molecule has 68 valence electrons. The normalized spacial score (nSPS) is 9.62. The SMILES string of the molecule is NC(=O)c1ccc(C(=O)O)c(I)c1. The van der Waals surface area contributed by atoms with Crippen molar-refractivity contribution in [3.8, 4) is 0 Å². The molecule has 0 aliphatic heterocycles. The second-order valence-corrected chi connectivity index (χ2v) is 3.53. The minimum absolute atomic E-state index is 0.172. The second-order valence-electron chi connectivity index (χ2n) is 2.36. The summed E-state index contributed by atoms with van der Waals surface area (Å²) < 4.78 is 0.501. The highest BCUT2D eigenvalue weighted by Crippen LogP contribution is 2.14. The average molecular weight is 291 g/mol. The number of carboxylic acids is 1. The lowest BCUT2D eigenvalue weighted by molar-refractivity contribution is 0.0695. The molecule has 0 unspecified atom stereocenters. The molecule has 0 radical (unpaired) electrons. The fourth-order valence-electron chi connectivity index (χ4n) is 0.842. The topological polar surface area (TPSA) is 80.4 Å². The molecule has 3 N–H and O–H groups in total. The summed E-state index contributed by atoms with van der Waals surface area (Å²) in [5, 5.41) is 8.67. The Morgan fingerprint density at radius 2 is 2.00 bits per heavy atom. The maximum absolute atomic E-state index is 10.7. The van der Waals surface area contributed by atoms with E-state index in [0.717, 1.165) is 0 Å². The Morgan fingerprint density at radius 3 is 2.38 bits per heavy atom. The van der Waals surface area contributed by atoms with Crippen LogP contribution in [-0.2, 0) is 0 Å². The highest BCUT2D eigenvalue weighted by Gasteiger charge is 2.09. The molecule has 0 spiro atoms. The van der Waals surface area contributed by atoms with Gasteiger partial charge in [-0.25, -0.2) is 4.79 Å².